The summed E-state index contributed by atoms with van der Waals surface area (Å²) in [5.74, 6) is 1.66. The van der Waals surface area contributed by atoms with E-state index in [1.54, 1.807) is 13.2 Å². The second-order valence-electron chi connectivity index (χ2n) is 5.07. The molecular formula is C14H26IN5O. The Bertz CT molecular complexity index is 392. The maximum Gasteiger partial charge on any atom is 0.191 e. The molecule has 2 rings (SSSR count). The molecular weight excluding hydrogens is 381 g/mol. The first-order chi connectivity index (χ1) is 9.88. The summed E-state index contributed by atoms with van der Waals surface area (Å²) >= 11 is 0. The molecule has 1 aliphatic rings. The largest absolute Gasteiger partial charge is 0.379 e. The van der Waals surface area contributed by atoms with Gasteiger partial charge in [-0.05, 0) is 31.2 Å². The standard InChI is InChI=1S/C14H25N5O.HI/c1-15-14(17-8-11-20-12-13-4-5-13)16-6-2-9-19-10-3-7-18-19;/h3,7,10,13H,2,4-6,8-9,11-12H2,1H3,(H2,15,16,17);1H. The molecule has 0 unspecified atom stereocenters. The molecule has 6 nitrogen and oxygen atoms in total. The van der Waals surface area contributed by atoms with Crippen molar-refractivity contribution < 1.29 is 4.74 Å². The topological polar surface area (TPSA) is 63.5 Å². The Labute approximate surface area is 143 Å². The van der Waals surface area contributed by atoms with Gasteiger partial charge in [0, 0.05) is 45.7 Å². The fourth-order valence-electron chi connectivity index (χ4n) is 1.88. The van der Waals surface area contributed by atoms with Crippen molar-refractivity contribution in [3.63, 3.8) is 0 Å². The molecule has 0 spiro atoms. The van der Waals surface area contributed by atoms with Crippen LogP contribution in [0, 0.1) is 5.92 Å². The molecule has 0 radical (unpaired) electrons. The summed E-state index contributed by atoms with van der Waals surface area (Å²) in [6.07, 6.45) is 7.47. The van der Waals surface area contributed by atoms with E-state index in [4.69, 9.17) is 4.74 Å². The molecule has 1 heterocycles. The Morgan fingerprint density at radius 1 is 1.38 bits per heavy atom. The fourth-order valence-corrected chi connectivity index (χ4v) is 1.88. The fraction of sp³-hybridized carbons (Fsp3) is 0.714. The van der Waals surface area contributed by atoms with Gasteiger partial charge in [0.15, 0.2) is 5.96 Å². The van der Waals surface area contributed by atoms with Crippen molar-refractivity contribution in [2.75, 3.05) is 33.4 Å². The Morgan fingerprint density at radius 2 is 2.19 bits per heavy atom. The molecule has 0 aliphatic heterocycles. The molecule has 1 aromatic heterocycles. The van der Waals surface area contributed by atoms with E-state index in [1.807, 2.05) is 16.9 Å². The number of rotatable bonds is 9. The summed E-state index contributed by atoms with van der Waals surface area (Å²) in [6, 6.07) is 1.94. The van der Waals surface area contributed by atoms with E-state index >= 15 is 0 Å². The quantitative estimate of drug-likeness (QED) is 0.282. The number of aromatic nitrogens is 2. The number of guanidine groups is 1. The maximum absolute atomic E-state index is 5.57. The van der Waals surface area contributed by atoms with Crippen molar-refractivity contribution >= 4 is 29.9 Å². The SMILES string of the molecule is CN=C(NCCCn1cccn1)NCCOCC1CC1.I. The molecule has 1 fully saturated rings. The normalized spacial score (nSPS) is 14.6. The zero-order valence-electron chi connectivity index (χ0n) is 12.6. The highest BCUT2D eigenvalue weighted by Crippen LogP contribution is 2.28. The predicted octanol–water partition coefficient (Wildman–Crippen LogP) is 1.48. The van der Waals surface area contributed by atoms with Crippen LogP contribution in [0.3, 0.4) is 0 Å². The third-order valence-electron chi connectivity index (χ3n) is 3.23. The molecule has 1 saturated carbocycles. The molecule has 0 amide bonds. The van der Waals surface area contributed by atoms with E-state index in [1.165, 1.54) is 12.8 Å². The minimum atomic E-state index is 0. The van der Waals surface area contributed by atoms with Crippen LogP contribution in [0.25, 0.3) is 0 Å². The van der Waals surface area contributed by atoms with Gasteiger partial charge in [-0.15, -0.1) is 24.0 Å². The van der Waals surface area contributed by atoms with Gasteiger partial charge in [-0.25, -0.2) is 0 Å². The average Bonchev–Trinajstić information content (AvgIpc) is 3.14. The highest BCUT2D eigenvalue weighted by atomic mass is 127. The van der Waals surface area contributed by atoms with Crippen LogP contribution in [0.4, 0.5) is 0 Å². The molecule has 2 N–H and O–H groups in total. The summed E-state index contributed by atoms with van der Waals surface area (Å²) in [4.78, 5) is 4.18. The van der Waals surface area contributed by atoms with Crippen LogP contribution in [0.1, 0.15) is 19.3 Å². The highest BCUT2D eigenvalue weighted by molar-refractivity contribution is 14.0. The lowest BCUT2D eigenvalue weighted by Gasteiger charge is -2.12. The smallest absolute Gasteiger partial charge is 0.191 e. The lowest BCUT2D eigenvalue weighted by Crippen LogP contribution is -2.39. The number of ether oxygens (including phenoxy) is 1. The first-order valence-corrected chi connectivity index (χ1v) is 7.38. The van der Waals surface area contributed by atoms with Gasteiger partial charge < -0.3 is 15.4 Å². The van der Waals surface area contributed by atoms with Crippen LogP contribution < -0.4 is 10.6 Å². The second-order valence-corrected chi connectivity index (χ2v) is 5.07. The van der Waals surface area contributed by atoms with E-state index in [0.717, 1.165) is 51.1 Å². The molecule has 0 saturated heterocycles. The Balaban J connectivity index is 0.00000220. The van der Waals surface area contributed by atoms with Crippen molar-refractivity contribution in [1.29, 1.82) is 0 Å². The first kappa shape index (κ1) is 18.2. The number of halogens is 1. The number of aryl methyl sites for hydroxylation is 1. The molecule has 0 atom stereocenters. The predicted molar refractivity (Wildman–Crippen MR) is 95.2 cm³/mol. The maximum atomic E-state index is 5.57. The summed E-state index contributed by atoms with van der Waals surface area (Å²) in [6.45, 7) is 4.25. The lowest BCUT2D eigenvalue weighted by atomic mass is 10.4. The summed E-state index contributed by atoms with van der Waals surface area (Å²) < 4.78 is 7.50. The molecule has 1 aromatic rings. The Morgan fingerprint density at radius 3 is 2.86 bits per heavy atom. The Kier molecular flexibility index (Phi) is 9.40. The van der Waals surface area contributed by atoms with Gasteiger partial charge in [0.25, 0.3) is 0 Å². The summed E-state index contributed by atoms with van der Waals surface area (Å²) in [5.41, 5.74) is 0. The average molecular weight is 407 g/mol. The van der Waals surface area contributed by atoms with Crippen molar-refractivity contribution in [2.24, 2.45) is 10.9 Å². The van der Waals surface area contributed by atoms with Crippen molar-refractivity contribution in [3.8, 4) is 0 Å². The van der Waals surface area contributed by atoms with Gasteiger partial charge in [0.2, 0.25) is 0 Å². The molecule has 1 aliphatic carbocycles. The first-order valence-electron chi connectivity index (χ1n) is 7.38. The molecule has 21 heavy (non-hydrogen) atoms. The molecule has 120 valence electrons. The van der Waals surface area contributed by atoms with Crippen LogP contribution in [-0.4, -0.2) is 49.1 Å². The van der Waals surface area contributed by atoms with Crippen molar-refractivity contribution in [1.82, 2.24) is 20.4 Å². The van der Waals surface area contributed by atoms with Gasteiger partial charge in [0.05, 0.1) is 6.61 Å². The lowest BCUT2D eigenvalue weighted by molar-refractivity contribution is 0.129. The van der Waals surface area contributed by atoms with Crippen LogP contribution in [0.2, 0.25) is 0 Å². The van der Waals surface area contributed by atoms with Gasteiger partial charge in [-0.3, -0.25) is 9.67 Å². The van der Waals surface area contributed by atoms with Crippen molar-refractivity contribution in [2.45, 2.75) is 25.8 Å². The Hall–Kier alpha value is -0.830. The molecule has 0 aromatic carbocycles. The molecule has 0 bridgehead atoms. The van der Waals surface area contributed by atoms with E-state index < -0.39 is 0 Å². The number of nitrogens with zero attached hydrogens (tertiary/aromatic N) is 3. The highest BCUT2D eigenvalue weighted by Gasteiger charge is 2.20. The molecule has 7 heteroatoms. The van der Waals surface area contributed by atoms with Gasteiger partial charge >= 0.3 is 0 Å². The van der Waals surface area contributed by atoms with Crippen LogP contribution in [0.5, 0.6) is 0 Å². The van der Waals surface area contributed by atoms with Gasteiger partial charge in [0.1, 0.15) is 0 Å². The van der Waals surface area contributed by atoms with Gasteiger partial charge in [-0.1, -0.05) is 0 Å². The van der Waals surface area contributed by atoms with Crippen molar-refractivity contribution in [3.05, 3.63) is 18.5 Å². The third-order valence-corrected chi connectivity index (χ3v) is 3.23. The van der Waals surface area contributed by atoms with Crippen LogP contribution in [0.15, 0.2) is 23.5 Å². The second kappa shape index (κ2) is 10.8. The number of nitrogens with one attached hydrogen (secondary N) is 2. The minimum absolute atomic E-state index is 0. The third kappa shape index (κ3) is 8.25. The van der Waals surface area contributed by atoms with E-state index in [0.29, 0.717) is 0 Å². The number of hydrogen-bond acceptors (Lipinski definition) is 3. The number of hydrogen-bond donors (Lipinski definition) is 2. The van der Waals surface area contributed by atoms with E-state index in [9.17, 15) is 0 Å². The number of aliphatic imine (C=N–C) groups is 1. The van der Waals surface area contributed by atoms with E-state index in [-0.39, 0.29) is 24.0 Å². The zero-order chi connectivity index (χ0) is 14.0. The summed E-state index contributed by atoms with van der Waals surface area (Å²) in [7, 11) is 1.79. The minimum Gasteiger partial charge on any atom is -0.379 e. The van der Waals surface area contributed by atoms with Crippen LogP contribution in [-0.2, 0) is 11.3 Å². The van der Waals surface area contributed by atoms with Gasteiger partial charge in [-0.2, -0.15) is 5.10 Å². The summed E-state index contributed by atoms with van der Waals surface area (Å²) in [5, 5.41) is 10.7. The zero-order valence-corrected chi connectivity index (χ0v) is 15.0. The van der Waals surface area contributed by atoms with E-state index in [2.05, 4.69) is 20.7 Å². The van der Waals surface area contributed by atoms with Crippen LogP contribution >= 0.6 is 24.0 Å². The monoisotopic (exact) mass is 407 g/mol.